The van der Waals surface area contributed by atoms with E-state index in [2.05, 4.69) is 15.6 Å². The lowest BCUT2D eigenvalue weighted by Crippen LogP contribution is -2.31. The molecule has 1 heterocycles. The topological polar surface area (TPSA) is 37.0 Å². The van der Waals surface area contributed by atoms with Gasteiger partial charge in [-0.2, -0.15) is 13.2 Å². The van der Waals surface area contributed by atoms with Gasteiger partial charge in [0.25, 0.3) is 0 Å². The highest BCUT2D eigenvalue weighted by molar-refractivity contribution is 7.80. The van der Waals surface area contributed by atoms with Crippen molar-refractivity contribution in [3.63, 3.8) is 0 Å². The van der Waals surface area contributed by atoms with Crippen LogP contribution in [0.4, 0.5) is 19.0 Å². The van der Waals surface area contributed by atoms with Crippen LogP contribution < -0.4 is 10.6 Å². The van der Waals surface area contributed by atoms with Crippen molar-refractivity contribution in [3.05, 3.63) is 57.7 Å². The zero-order valence-electron chi connectivity index (χ0n) is 12.1. The molecule has 1 aromatic carbocycles. The number of aromatic nitrogens is 1. The summed E-state index contributed by atoms with van der Waals surface area (Å²) in [4.78, 5) is 3.68. The quantitative estimate of drug-likeness (QED) is 0.721. The molecule has 2 aromatic rings. The maximum atomic E-state index is 12.9. The van der Waals surface area contributed by atoms with E-state index in [0.717, 1.165) is 11.6 Å². The average Bonchev–Trinajstić information content (AvgIpc) is 2.49. The Bertz CT molecular complexity index is 718. The van der Waals surface area contributed by atoms with Gasteiger partial charge in [-0.25, -0.2) is 4.98 Å². The van der Waals surface area contributed by atoms with Crippen molar-refractivity contribution in [2.75, 3.05) is 11.9 Å². The van der Waals surface area contributed by atoms with Crippen molar-refractivity contribution >= 4 is 46.4 Å². The number of halogens is 5. The standard InChI is InChI=1S/C15H12Cl2F3N3S/c16-11-4-1-5-12(17)9(11)6-8-22-14(24)23-13-10(15(18,19)20)3-2-7-21-13/h1-5,7H,6,8H2,(H2,21,22,23,24). The molecule has 2 rings (SSSR count). The van der Waals surface area contributed by atoms with Gasteiger partial charge in [0, 0.05) is 22.8 Å². The van der Waals surface area contributed by atoms with E-state index in [9.17, 15) is 13.2 Å². The van der Waals surface area contributed by atoms with Crippen LogP contribution in [0.3, 0.4) is 0 Å². The summed E-state index contributed by atoms with van der Waals surface area (Å²) >= 11 is 17.1. The van der Waals surface area contributed by atoms with Crippen LogP contribution in [0.5, 0.6) is 0 Å². The first-order chi connectivity index (χ1) is 11.3. The van der Waals surface area contributed by atoms with Crippen molar-refractivity contribution in [2.24, 2.45) is 0 Å². The van der Waals surface area contributed by atoms with E-state index < -0.39 is 11.7 Å². The maximum absolute atomic E-state index is 12.9. The van der Waals surface area contributed by atoms with Crippen LogP contribution in [0.1, 0.15) is 11.1 Å². The van der Waals surface area contributed by atoms with Gasteiger partial charge in [-0.3, -0.25) is 0 Å². The number of thiocarbonyl (C=S) groups is 1. The molecule has 0 saturated carbocycles. The maximum Gasteiger partial charge on any atom is 0.419 e. The molecule has 0 amide bonds. The third-order valence-corrected chi connectivity index (χ3v) is 4.02. The Balaban J connectivity index is 1.95. The van der Waals surface area contributed by atoms with Gasteiger partial charge in [-0.1, -0.05) is 29.3 Å². The molecular weight excluding hydrogens is 382 g/mol. The number of pyridine rings is 1. The van der Waals surface area contributed by atoms with Crippen LogP contribution in [0.2, 0.25) is 10.0 Å². The first-order valence-electron chi connectivity index (χ1n) is 6.79. The molecule has 2 N–H and O–H groups in total. The highest BCUT2D eigenvalue weighted by Crippen LogP contribution is 2.33. The minimum atomic E-state index is -4.52. The lowest BCUT2D eigenvalue weighted by molar-refractivity contribution is -0.137. The second kappa shape index (κ2) is 8.00. The largest absolute Gasteiger partial charge is 0.419 e. The number of alkyl halides is 3. The molecule has 128 valence electrons. The van der Waals surface area contributed by atoms with E-state index in [0.29, 0.717) is 23.0 Å². The Morgan fingerprint density at radius 1 is 1.12 bits per heavy atom. The summed E-state index contributed by atoms with van der Waals surface area (Å²) in [6.45, 7) is 0.351. The van der Waals surface area contributed by atoms with Gasteiger partial charge in [0.15, 0.2) is 5.11 Å². The zero-order valence-corrected chi connectivity index (χ0v) is 14.5. The minimum absolute atomic E-state index is 0.0300. The predicted octanol–water partition coefficient (Wildman–Crippen LogP) is 4.94. The Morgan fingerprint density at radius 3 is 2.42 bits per heavy atom. The molecule has 0 atom stereocenters. The van der Waals surface area contributed by atoms with Crippen molar-refractivity contribution in [1.82, 2.24) is 10.3 Å². The Hall–Kier alpha value is -1.57. The lowest BCUT2D eigenvalue weighted by Gasteiger charge is -2.15. The van der Waals surface area contributed by atoms with E-state index in [-0.39, 0.29) is 10.9 Å². The van der Waals surface area contributed by atoms with Crippen molar-refractivity contribution < 1.29 is 13.2 Å². The van der Waals surface area contributed by atoms with Crippen LogP contribution in [0.15, 0.2) is 36.5 Å². The smallest absolute Gasteiger partial charge is 0.362 e. The molecule has 0 radical (unpaired) electrons. The second-order valence-electron chi connectivity index (χ2n) is 4.73. The van der Waals surface area contributed by atoms with Gasteiger partial charge >= 0.3 is 6.18 Å². The van der Waals surface area contributed by atoms with Gasteiger partial charge in [0.1, 0.15) is 5.82 Å². The molecular formula is C15H12Cl2F3N3S. The second-order valence-corrected chi connectivity index (χ2v) is 5.95. The molecule has 0 fully saturated rings. The fraction of sp³-hybridized carbons (Fsp3) is 0.200. The predicted molar refractivity (Wildman–Crippen MR) is 93.6 cm³/mol. The normalized spacial score (nSPS) is 11.2. The Morgan fingerprint density at radius 2 is 1.79 bits per heavy atom. The number of hydrogen-bond acceptors (Lipinski definition) is 2. The first-order valence-corrected chi connectivity index (χ1v) is 7.95. The summed E-state index contributed by atoms with van der Waals surface area (Å²) in [6.07, 6.45) is -2.80. The molecule has 0 aliphatic carbocycles. The fourth-order valence-corrected chi connectivity index (χ4v) is 2.74. The summed E-state index contributed by atoms with van der Waals surface area (Å²) in [6, 6.07) is 7.30. The third-order valence-electron chi connectivity index (χ3n) is 3.07. The number of anilines is 1. The zero-order chi connectivity index (χ0) is 17.7. The van der Waals surface area contributed by atoms with Gasteiger partial charge in [0.2, 0.25) is 0 Å². The van der Waals surface area contributed by atoms with Crippen molar-refractivity contribution in [3.8, 4) is 0 Å². The SMILES string of the molecule is FC(F)(F)c1cccnc1NC(=S)NCCc1c(Cl)cccc1Cl. The highest BCUT2D eigenvalue weighted by Gasteiger charge is 2.34. The average molecular weight is 394 g/mol. The summed E-state index contributed by atoms with van der Waals surface area (Å²) in [5.74, 6) is -0.349. The number of nitrogens with one attached hydrogen (secondary N) is 2. The van der Waals surface area contributed by atoms with Gasteiger partial charge in [0.05, 0.1) is 5.56 Å². The van der Waals surface area contributed by atoms with E-state index >= 15 is 0 Å². The molecule has 0 saturated heterocycles. The van der Waals surface area contributed by atoms with Crippen molar-refractivity contribution in [1.29, 1.82) is 0 Å². The number of benzene rings is 1. The first kappa shape index (κ1) is 18.8. The molecule has 0 spiro atoms. The third kappa shape index (κ3) is 4.96. The molecule has 24 heavy (non-hydrogen) atoms. The van der Waals surface area contributed by atoms with E-state index in [1.54, 1.807) is 18.2 Å². The molecule has 0 unspecified atom stereocenters. The van der Waals surface area contributed by atoms with Gasteiger partial charge in [-0.15, -0.1) is 0 Å². The highest BCUT2D eigenvalue weighted by atomic mass is 35.5. The van der Waals surface area contributed by atoms with Crippen LogP contribution in [0, 0.1) is 0 Å². The number of nitrogens with zero attached hydrogens (tertiary/aromatic N) is 1. The van der Waals surface area contributed by atoms with Crippen LogP contribution in [0.25, 0.3) is 0 Å². The molecule has 0 aliphatic heterocycles. The number of rotatable bonds is 4. The molecule has 1 aromatic heterocycles. The van der Waals surface area contributed by atoms with E-state index in [1.807, 2.05) is 0 Å². The fourth-order valence-electron chi connectivity index (χ4n) is 1.96. The summed E-state index contributed by atoms with van der Waals surface area (Å²) < 4.78 is 38.7. The van der Waals surface area contributed by atoms with E-state index in [4.69, 9.17) is 35.4 Å². The van der Waals surface area contributed by atoms with Crippen LogP contribution in [-0.4, -0.2) is 16.6 Å². The Kier molecular flexibility index (Phi) is 6.26. The van der Waals surface area contributed by atoms with Gasteiger partial charge < -0.3 is 10.6 Å². The summed E-state index contributed by atoms with van der Waals surface area (Å²) in [5, 5.41) is 6.34. The summed E-state index contributed by atoms with van der Waals surface area (Å²) in [7, 11) is 0. The minimum Gasteiger partial charge on any atom is -0.362 e. The van der Waals surface area contributed by atoms with Crippen molar-refractivity contribution in [2.45, 2.75) is 12.6 Å². The van der Waals surface area contributed by atoms with Gasteiger partial charge in [-0.05, 0) is 48.5 Å². The lowest BCUT2D eigenvalue weighted by atomic mass is 10.1. The monoisotopic (exact) mass is 393 g/mol. The van der Waals surface area contributed by atoms with E-state index in [1.165, 1.54) is 12.3 Å². The molecule has 9 heteroatoms. The summed E-state index contributed by atoms with van der Waals surface area (Å²) in [5.41, 5.74) is -0.145. The Labute approximate surface area is 152 Å². The molecule has 0 aliphatic rings. The molecule has 3 nitrogen and oxygen atoms in total. The molecule has 0 bridgehead atoms. The van der Waals surface area contributed by atoms with Crippen LogP contribution in [-0.2, 0) is 12.6 Å². The number of hydrogen-bond donors (Lipinski definition) is 2. The van der Waals surface area contributed by atoms with Crippen LogP contribution >= 0.6 is 35.4 Å².